The fourth-order valence-electron chi connectivity index (χ4n) is 2.00. The van der Waals surface area contributed by atoms with Crippen molar-refractivity contribution in [1.29, 1.82) is 0 Å². The first-order valence-electron chi connectivity index (χ1n) is 6.73. The predicted octanol–water partition coefficient (Wildman–Crippen LogP) is 2.44. The minimum absolute atomic E-state index is 0.159. The zero-order valence-electron chi connectivity index (χ0n) is 11.1. The highest BCUT2D eigenvalue weighted by molar-refractivity contribution is 5.94. The van der Waals surface area contributed by atoms with Crippen LogP contribution in [-0.2, 0) is 0 Å². The van der Waals surface area contributed by atoms with Crippen LogP contribution in [0.25, 0.3) is 0 Å². The van der Waals surface area contributed by atoms with E-state index in [1.54, 1.807) is 12.1 Å². The first-order valence-corrected chi connectivity index (χ1v) is 6.73. The van der Waals surface area contributed by atoms with Gasteiger partial charge in [-0.25, -0.2) is 9.37 Å². The molecule has 0 bridgehead atoms. The second kappa shape index (κ2) is 6.50. The van der Waals surface area contributed by atoms with E-state index in [0.717, 1.165) is 12.8 Å². The molecule has 0 saturated carbocycles. The molecule has 0 aromatic carbocycles. The largest absolute Gasteiger partial charge is 0.478 e. The van der Waals surface area contributed by atoms with Crippen LogP contribution in [0.1, 0.15) is 36.5 Å². The van der Waals surface area contributed by atoms with E-state index in [2.05, 4.69) is 11.9 Å². The number of pyridine rings is 1. The second-order valence-corrected chi connectivity index (χ2v) is 4.72. The Bertz CT molecular complexity index is 422. The van der Waals surface area contributed by atoms with Gasteiger partial charge in [0.25, 0.3) is 5.91 Å². The van der Waals surface area contributed by atoms with Crippen molar-refractivity contribution < 1.29 is 13.9 Å². The van der Waals surface area contributed by atoms with Crippen molar-refractivity contribution in [1.82, 2.24) is 9.88 Å². The summed E-state index contributed by atoms with van der Waals surface area (Å²) in [5.74, 6) is 0.363. The monoisotopic (exact) mass is 266 g/mol. The van der Waals surface area contributed by atoms with E-state index in [1.807, 2.05) is 0 Å². The summed E-state index contributed by atoms with van der Waals surface area (Å²) in [6.07, 6.45) is 3.07. The Hall–Kier alpha value is -1.65. The quantitative estimate of drug-likeness (QED) is 0.769. The molecule has 1 amide bonds. The number of alkyl halides is 1. The number of hydrogen-bond donors (Lipinski definition) is 0. The number of carbonyl (C=O) groups is 1. The molecule has 2 heterocycles. The second-order valence-electron chi connectivity index (χ2n) is 4.72. The molecular weight excluding hydrogens is 247 g/mol. The Morgan fingerprint density at radius 3 is 3.00 bits per heavy atom. The van der Waals surface area contributed by atoms with E-state index >= 15 is 0 Å². The van der Waals surface area contributed by atoms with Gasteiger partial charge < -0.3 is 9.64 Å². The highest BCUT2D eigenvalue weighted by Crippen LogP contribution is 2.16. The number of nitrogens with zero attached hydrogens (tertiary/aromatic N) is 2. The average molecular weight is 266 g/mol. The molecule has 1 aliphatic heterocycles. The summed E-state index contributed by atoms with van der Waals surface area (Å²) < 4.78 is 18.5. The molecule has 4 nitrogen and oxygen atoms in total. The van der Waals surface area contributed by atoms with Crippen LogP contribution in [0.15, 0.2) is 18.3 Å². The molecule has 0 unspecified atom stereocenters. The Balaban J connectivity index is 1.92. The van der Waals surface area contributed by atoms with Gasteiger partial charge in [-0.15, -0.1) is 0 Å². The molecule has 1 fully saturated rings. The van der Waals surface area contributed by atoms with Gasteiger partial charge >= 0.3 is 0 Å². The predicted molar refractivity (Wildman–Crippen MR) is 70.1 cm³/mol. The van der Waals surface area contributed by atoms with Crippen LogP contribution in [0, 0.1) is 0 Å². The van der Waals surface area contributed by atoms with Crippen LogP contribution < -0.4 is 4.74 Å². The maximum atomic E-state index is 13.1. The number of rotatable bonds is 5. The van der Waals surface area contributed by atoms with Gasteiger partial charge in [-0.1, -0.05) is 13.3 Å². The summed E-state index contributed by atoms with van der Waals surface area (Å²) in [4.78, 5) is 17.7. The maximum Gasteiger partial charge on any atom is 0.255 e. The highest BCUT2D eigenvalue weighted by Gasteiger charge is 2.26. The van der Waals surface area contributed by atoms with E-state index in [9.17, 15) is 9.18 Å². The van der Waals surface area contributed by atoms with Crippen LogP contribution in [0.2, 0.25) is 0 Å². The lowest BCUT2D eigenvalue weighted by atomic mass is 10.2. The van der Waals surface area contributed by atoms with Gasteiger partial charge in [0.05, 0.1) is 18.7 Å². The summed E-state index contributed by atoms with van der Waals surface area (Å²) in [6, 6.07) is 3.37. The molecule has 19 heavy (non-hydrogen) atoms. The van der Waals surface area contributed by atoms with Gasteiger partial charge in [-0.2, -0.15) is 0 Å². The summed E-state index contributed by atoms with van der Waals surface area (Å²) >= 11 is 0. The Morgan fingerprint density at radius 1 is 1.58 bits per heavy atom. The third-order valence-electron chi connectivity index (χ3n) is 3.15. The zero-order chi connectivity index (χ0) is 13.7. The lowest BCUT2D eigenvalue weighted by Gasteiger charge is -2.15. The fourth-order valence-corrected chi connectivity index (χ4v) is 2.00. The van der Waals surface area contributed by atoms with Crippen LogP contribution in [0.4, 0.5) is 4.39 Å². The fraction of sp³-hybridized carbons (Fsp3) is 0.571. The standard InChI is InChI=1S/C14H19FN2O2/c1-2-3-8-19-13-5-4-11(9-16-13)14(18)17-7-6-12(15)10-17/h4-5,9,12H,2-3,6-8,10H2,1H3/t12-/m1/s1. The van der Waals surface area contributed by atoms with Gasteiger partial charge in [0.15, 0.2) is 0 Å². The highest BCUT2D eigenvalue weighted by atomic mass is 19.1. The number of hydrogen-bond acceptors (Lipinski definition) is 3. The number of halogens is 1. The number of amides is 1. The number of ether oxygens (including phenoxy) is 1. The molecule has 5 heteroatoms. The van der Waals surface area contributed by atoms with Crippen molar-refractivity contribution in [3.63, 3.8) is 0 Å². The molecule has 1 aromatic rings. The molecule has 104 valence electrons. The summed E-state index contributed by atoms with van der Waals surface area (Å²) in [6.45, 7) is 3.39. The molecule has 0 N–H and O–H groups in total. The lowest BCUT2D eigenvalue weighted by molar-refractivity contribution is 0.0782. The van der Waals surface area contributed by atoms with Crippen molar-refractivity contribution in [2.75, 3.05) is 19.7 Å². The van der Waals surface area contributed by atoms with Crippen molar-refractivity contribution in [2.24, 2.45) is 0 Å². The Morgan fingerprint density at radius 2 is 2.42 bits per heavy atom. The Kier molecular flexibility index (Phi) is 4.71. The maximum absolute atomic E-state index is 13.1. The molecule has 1 saturated heterocycles. The summed E-state index contributed by atoms with van der Waals surface area (Å²) in [5, 5.41) is 0. The number of likely N-dealkylation sites (tertiary alicyclic amines) is 1. The van der Waals surface area contributed by atoms with Crippen LogP contribution in [0.3, 0.4) is 0 Å². The van der Waals surface area contributed by atoms with E-state index in [4.69, 9.17) is 4.74 Å². The van der Waals surface area contributed by atoms with Crippen molar-refractivity contribution in [3.8, 4) is 5.88 Å². The van der Waals surface area contributed by atoms with Gasteiger partial charge in [0, 0.05) is 18.8 Å². The van der Waals surface area contributed by atoms with Crippen LogP contribution in [0.5, 0.6) is 5.88 Å². The van der Waals surface area contributed by atoms with Gasteiger partial charge in [0.2, 0.25) is 5.88 Å². The zero-order valence-corrected chi connectivity index (χ0v) is 11.1. The van der Waals surface area contributed by atoms with Crippen molar-refractivity contribution >= 4 is 5.91 Å². The molecule has 0 aliphatic carbocycles. The van der Waals surface area contributed by atoms with E-state index in [-0.39, 0.29) is 12.5 Å². The van der Waals surface area contributed by atoms with E-state index < -0.39 is 6.17 Å². The minimum atomic E-state index is -0.895. The molecule has 0 spiro atoms. The average Bonchev–Trinajstić information content (AvgIpc) is 2.86. The number of aromatic nitrogens is 1. The third-order valence-corrected chi connectivity index (χ3v) is 3.15. The first kappa shape index (κ1) is 13.8. The number of unbranched alkanes of at least 4 members (excludes halogenated alkanes) is 1. The normalized spacial score (nSPS) is 18.6. The van der Waals surface area contributed by atoms with Crippen LogP contribution >= 0.6 is 0 Å². The summed E-state index contributed by atoms with van der Waals surface area (Å²) in [7, 11) is 0. The molecule has 1 aromatic heterocycles. The summed E-state index contributed by atoms with van der Waals surface area (Å²) in [5.41, 5.74) is 0.483. The topological polar surface area (TPSA) is 42.4 Å². The van der Waals surface area contributed by atoms with E-state index in [1.165, 1.54) is 11.1 Å². The van der Waals surface area contributed by atoms with Gasteiger partial charge in [-0.05, 0) is 18.9 Å². The molecule has 0 radical (unpaired) electrons. The van der Waals surface area contributed by atoms with E-state index in [0.29, 0.717) is 31.0 Å². The van der Waals surface area contributed by atoms with Crippen molar-refractivity contribution in [2.45, 2.75) is 32.4 Å². The van der Waals surface area contributed by atoms with Gasteiger partial charge in [-0.3, -0.25) is 4.79 Å². The molecular formula is C14H19FN2O2. The smallest absolute Gasteiger partial charge is 0.255 e. The number of carbonyl (C=O) groups excluding carboxylic acids is 1. The molecule has 2 rings (SSSR count). The lowest BCUT2D eigenvalue weighted by Crippen LogP contribution is -2.29. The first-order chi connectivity index (χ1) is 9.20. The molecule has 1 atom stereocenters. The van der Waals surface area contributed by atoms with Crippen molar-refractivity contribution in [3.05, 3.63) is 23.9 Å². The SMILES string of the molecule is CCCCOc1ccc(C(=O)N2CC[C@@H](F)C2)cn1. The van der Waals surface area contributed by atoms with Crippen LogP contribution in [-0.4, -0.2) is 41.7 Å². The van der Waals surface area contributed by atoms with Gasteiger partial charge in [0.1, 0.15) is 6.17 Å². The minimum Gasteiger partial charge on any atom is -0.478 e. The molecule has 1 aliphatic rings. The Labute approximate surface area is 112 Å². The third kappa shape index (κ3) is 3.66.